The Hall–Kier alpha value is 2.19. The van der Waals surface area contributed by atoms with Gasteiger partial charge >= 0.3 is 111 Å². The van der Waals surface area contributed by atoms with E-state index in [1.54, 1.807) is 0 Å². The number of nitrogens with zero attached hydrogens (tertiary/aromatic N) is 3. The summed E-state index contributed by atoms with van der Waals surface area (Å²) in [7, 11) is 0.851. The summed E-state index contributed by atoms with van der Waals surface area (Å²) in [6, 6.07) is 0. The van der Waals surface area contributed by atoms with Gasteiger partial charge in [0.1, 0.15) is 0 Å². The van der Waals surface area contributed by atoms with Crippen LogP contribution in [0.25, 0.3) is 0 Å². The van der Waals surface area contributed by atoms with Gasteiger partial charge in [0.15, 0.2) is 0 Å². The van der Waals surface area contributed by atoms with Crippen molar-refractivity contribution in [2.75, 3.05) is 14.1 Å². The number of hydrogen-bond donors (Lipinski definition) is 0. The zero-order valence-electron chi connectivity index (χ0n) is 7.71. The van der Waals surface area contributed by atoms with Crippen LogP contribution in [-0.2, 0) is 0 Å². The van der Waals surface area contributed by atoms with Gasteiger partial charge in [0.05, 0.1) is 0 Å². The van der Waals surface area contributed by atoms with Crippen LogP contribution in [0.1, 0.15) is 0 Å². The van der Waals surface area contributed by atoms with E-state index < -0.39 is 36.3 Å². The first-order valence-electron chi connectivity index (χ1n) is 3.45. The summed E-state index contributed by atoms with van der Waals surface area (Å²) in [6.45, 7) is 0. The summed E-state index contributed by atoms with van der Waals surface area (Å²) >= 11 is 11.7. The molecule has 0 saturated heterocycles. The fraction of sp³-hybridized carbons (Fsp3) is 1.00. The molecule has 3 nitrogen and oxygen atoms in total. The predicted molar refractivity (Wildman–Crippen MR) is 65.1 cm³/mol. The first kappa shape index (κ1) is 16.2. The van der Waals surface area contributed by atoms with Gasteiger partial charge in [-0.15, -0.1) is 0 Å². The van der Waals surface area contributed by atoms with E-state index in [9.17, 15) is 11.3 Å². The minimum absolute atomic E-state index is 0.426. The van der Waals surface area contributed by atoms with Crippen LogP contribution in [0, 0.1) is 0 Å². The first-order chi connectivity index (χ1) is 6.54. The van der Waals surface area contributed by atoms with E-state index >= 15 is 0 Å². The molecule has 0 atom stereocenters. The molecule has 1 rings (SSSR count). The third kappa shape index (κ3) is 2.31. The van der Waals surface area contributed by atoms with Crippen molar-refractivity contribution >= 4 is 75.7 Å². The normalized spacial score (nSPS) is 39.1. The van der Waals surface area contributed by atoms with Crippen LogP contribution < -0.4 is 4.17 Å². The van der Waals surface area contributed by atoms with Crippen LogP contribution in [0.4, 0.5) is 11.3 Å². The summed E-state index contributed by atoms with van der Waals surface area (Å²) in [5.74, 6) is -8.21. The molecule has 0 unspecified atom stereocenters. The number of halogens is 8. The molecule has 100 valence electrons. The van der Waals surface area contributed by atoms with Gasteiger partial charge in [-0.05, 0) is 0 Å². The summed E-state index contributed by atoms with van der Waals surface area (Å²) in [5, 5.41) is 0. The summed E-state index contributed by atoms with van der Waals surface area (Å²) in [6.07, 6.45) is 0. The molecular weight excluding hydrogens is 468 g/mol. The molecule has 0 aromatic heterocycles. The van der Waals surface area contributed by atoms with Crippen molar-refractivity contribution < 1.29 is 11.3 Å². The van der Waals surface area contributed by atoms with E-state index in [1.165, 1.54) is 0 Å². The zero-order valence-corrected chi connectivity index (χ0v) is 15.1. The van der Waals surface area contributed by atoms with E-state index in [2.05, 4.69) is 4.17 Å². The quantitative estimate of drug-likeness (QED) is 0.214. The monoisotopic (exact) mass is 471 g/mol. The first-order valence-corrected chi connectivity index (χ1v) is 16.6. The molecule has 0 radical (unpaired) electrons. The maximum atomic E-state index is 13.7. The minimum atomic E-state index is -9.86. The third-order valence-electron chi connectivity index (χ3n) is 2.05. The molecule has 0 aromatic carbocycles. The average molecular weight is 474 g/mol. The number of hydrogen-bond acceptors (Lipinski definition) is 2. The van der Waals surface area contributed by atoms with Crippen LogP contribution in [0.15, 0.2) is 0 Å². The van der Waals surface area contributed by atoms with Crippen molar-refractivity contribution in [2.45, 2.75) is 0 Å². The average Bonchev–Trinajstić information content (AvgIpc) is 1.96. The van der Waals surface area contributed by atoms with Crippen molar-refractivity contribution in [2.24, 2.45) is 0 Å². The molecule has 0 spiro atoms. The number of rotatable bonds is 0. The van der Waals surface area contributed by atoms with Crippen LogP contribution >= 0.6 is 56.8 Å². The molecule has 0 fully saturated rings. The van der Waals surface area contributed by atoms with Crippen LogP contribution in [-0.4, -0.2) is 38.6 Å². The molecule has 0 bridgehead atoms. The Bertz CT molecular complexity index is 436. The van der Waals surface area contributed by atoms with Crippen molar-refractivity contribution in [1.82, 2.24) is 9.83 Å². The van der Waals surface area contributed by atoms with E-state index in [0.29, 0.717) is 14.1 Å². The van der Waals surface area contributed by atoms with Gasteiger partial charge in [-0.25, -0.2) is 0 Å². The van der Waals surface area contributed by atoms with E-state index in [0.717, 1.165) is 0 Å². The molecule has 0 aromatic rings. The molecule has 16 heavy (non-hydrogen) atoms. The second-order valence-electron chi connectivity index (χ2n) is 3.06. The Kier molecular flexibility index (Phi) is 3.49. The van der Waals surface area contributed by atoms with Crippen molar-refractivity contribution in [3.63, 3.8) is 0 Å². The van der Waals surface area contributed by atoms with Crippen LogP contribution in [0.3, 0.4) is 0 Å². The van der Waals surface area contributed by atoms with Gasteiger partial charge in [0, 0.05) is 0 Å². The Labute approximate surface area is 110 Å². The van der Waals surface area contributed by atoms with Crippen molar-refractivity contribution in [1.29, 1.82) is 0 Å². The van der Waals surface area contributed by atoms with Crippen molar-refractivity contribution in [3.8, 4) is 0 Å². The Balaban J connectivity index is 3.88. The van der Waals surface area contributed by atoms with Gasteiger partial charge in [-0.1, -0.05) is 0 Å². The predicted octanol–water partition coefficient (Wildman–Crippen LogP) is 4.99. The topological polar surface area (TPSA) is 20.6 Å². The van der Waals surface area contributed by atoms with E-state index in [1.807, 2.05) is 0 Å². The molecule has 1 aliphatic heterocycles. The molecule has 0 N–H and O–H groups in total. The molecule has 0 saturated carbocycles. The van der Waals surface area contributed by atoms with Crippen molar-refractivity contribution in [3.05, 3.63) is 0 Å². The van der Waals surface area contributed by atoms with Crippen LogP contribution in [0.5, 0.6) is 0 Å². The summed E-state index contributed by atoms with van der Waals surface area (Å²) in [5.41, 5.74) is 0. The molecule has 0 amide bonds. The fourth-order valence-corrected chi connectivity index (χ4v) is 31.3. The van der Waals surface area contributed by atoms with Gasteiger partial charge in [0.25, 0.3) is 0 Å². The summed E-state index contributed by atoms with van der Waals surface area (Å²) in [4.78, 5) is 0. The van der Waals surface area contributed by atoms with E-state index in [-0.39, 0.29) is 0 Å². The van der Waals surface area contributed by atoms with E-state index in [4.69, 9.17) is 45.0 Å². The SMILES string of the molecule is C[N]1P(Cl)(Cl)=[N+]=P(Cl)(Cl)[N](C)[Sb-]1([F])([F])([F])[F]. The fourth-order valence-electron chi connectivity index (χ4n) is 0.854. The standard InChI is InChI=1S/C2H6Cl4N3P2.4FH.Sb/c1-7-10(3,4)9-11(5,6)8-2;;;;;/h1-2H3;4*1H;/q-1;;;;;+5/p-4. The summed E-state index contributed by atoms with van der Waals surface area (Å²) < 4.78 is 57.0. The Morgan fingerprint density at radius 2 is 1.12 bits per heavy atom. The second-order valence-corrected chi connectivity index (χ2v) is 24.9. The van der Waals surface area contributed by atoms with Gasteiger partial charge in [-0.3, -0.25) is 0 Å². The molecular formula is C2H6Cl4F4N3P2Sb. The Morgan fingerprint density at radius 1 is 0.875 bits per heavy atom. The van der Waals surface area contributed by atoms with Gasteiger partial charge < -0.3 is 0 Å². The second kappa shape index (κ2) is 3.44. The van der Waals surface area contributed by atoms with Crippen LogP contribution in [0.2, 0.25) is 0 Å². The third-order valence-corrected chi connectivity index (χ3v) is 29.7. The zero-order chi connectivity index (χ0) is 13.3. The molecule has 0 aliphatic carbocycles. The van der Waals surface area contributed by atoms with Gasteiger partial charge in [0.2, 0.25) is 0 Å². The Morgan fingerprint density at radius 3 is 1.38 bits per heavy atom. The van der Waals surface area contributed by atoms with Gasteiger partial charge in [-0.2, -0.15) is 0 Å². The molecule has 1 aliphatic rings. The molecule has 14 heteroatoms. The maximum absolute atomic E-state index is 13.7. The molecule has 1 heterocycles.